The van der Waals surface area contributed by atoms with E-state index in [4.69, 9.17) is 4.55 Å². The van der Waals surface area contributed by atoms with Gasteiger partial charge < -0.3 is 4.55 Å². The van der Waals surface area contributed by atoms with Crippen molar-refractivity contribution in [2.45, 2.75) is 33.6 Å². The zero-order valence-corrected chi connectivity index (χ0v) is 8.36. The van der Waals surface area contributed by atoms with Crippen molar-refractivity contribution in [3.05, 3.63) is 0 Å². The Kier molecular flexibility index (Phi) is 5.78. The van der Waals surface area contributed by atoms with Gasteiger partial charge >= 0.3 is 0 Å². The highest BCUT2D eigenvalue weighted by Crippen LogP contribution is 2.14. The highest BCUT2D eigenvalue weighted by molar-refractivity contribution is 7.79. The van der Waals surface area contributed by atoms with E-state index < -0.39 is 11.1 Å². The maximum absolute atomic E-state index is 10.4. The van der Waals surface area contributed by atoms with Crippen molar-refractivity contribution in [3.63, 3.8) is 0 Å². The fourth-order valence-electron chi connectivity index (χ4n) is 1.16. The summed E-state index contributed by atoms with van der Waals surface area (Å²) in [6, 6.07) is 0. The van der Waals surface area contributed by atoms with Gasteiger partial charge in [0.1, 0.15) is 0 Å². The highest BCUT2D eigenvalue weighted by atomic mass is 32.2. The van der Waals surface area contributed by atoms with Crippen LogP contribution in [0.25, 0.3) is 0 Å². The van der Waals surface area contributed by atoms with Crippen molar-refractivity contribution in [2.24, 2.45) is 11.8 Å². The van der Waals surface area contributed by atoms with Gasteiger partial charge in [0.2, 0.25) is 0 Å². The lowest BCUT2D eigenvalue weighted by atomic mass is 9.97. The molecular weight excluding hydrogens is 160 g/mol. The van der Waals surface area contributed by atoms with Crippen LogP contribution in [0.3, 0.4) is 0 Å². The first kappa shape index (κ1) is 11.1. The summed E-state index contributed by atoms with van der Waals surface area (Å²) >= 11 is -1.61. The number of rotatable bonds is 5. The minimum absolute atomic E-state index is 0.371. The Balaban J connectivity index is 3.51. The summed E-state index contributed by atoms with van der Waals surface area (Å²) in [6.07, 6.45) is 2.21. The van der Waals surface area contributed by atoms with Gasteiger partial charge in [-0.3, -0.25) is 0 Å². The van der Waals surface area contributed by atoms with E-state index in [1.54, 1.807) is 0 Å². The molecule has 0 saturated carbocycles. The fraction of sp³-hybridized carbons (Fsp3) is 1.00. The molecular formula is C8H18O2S. The van der Waals surface area contributed by atoms with Crippen LogP contribution in [0, 0.1) is 11.8 Å². The molecule has 0 saturated heterocycles. The van der Waals surface area contributed by atoms with Gasteiger partial charge in [-0.05, 0) is 18.3 Å². The highest BCUT2D eigenvalue weighted by Gasteiger charge is 2.09. The van der Waals surface area contributed by atoms with Crippen LogP contribution in [-0.2, 0) is 11.1 Å². The van der Waals surface area contributed by atoms with Crippen LogP contribution in [-0.4, -0.2) is 14.5 Å². The lowest BCUT2D eigenvalue weighted by Crippen LogP contribution is -2.10. The molecule has 0 radical (unpaired) electrons. The predicted molar refractivity (Wildman–Crippen MR) is 48.9 cm³/mol. The van der Waals surface area contributed by atoms with Gasteiger partial charge in [-0.15, -0.1) is 0 Å². The molecule has 0 amide bonds. The van der Waals surface area contributed by atoms with Gasteiger partial charge in [0, 0.05) is 0 Å². The van der Waals surface area contributed by atoms with E-state index in [0.717, 1.165) is 12.8 Å². The summed E-state index contributed by atoms with van der Waals surface area (Å²) in [5, 5.41) is 0. The van der Waals surface area contributed by atoms with E-state index >= 15 is 0 Å². The van der Waals surface area contributed by atoms with Crippen LogP contribution >= 0.6 is 0 Å². The first-order valence-electron chi connectivity index (χ1n) is 4.13. The summed E-state index contributed by atoms with van der Waals surface area (Å²) in [5.74, 6) is 1.47. The van der Waals surface area contributed by atoms with Gasteiger partial charge in [0.25, 0.3) is 0 Å². The van der Waals surface area contributed by atoms with Crippen LogP contribution in [0.15, 0.2) is 0 Å². The molecule has 0 heterocycles. The first-order chi connectivity index (χ1) is 5.06. The molecule has 2 nitrogen and oxygen atoms in total. The first-order valence-corrected chi connectivity index (χ1v) is 5.41. The lowest BCUT2D eigenvalue weighted by molar-refractivity contribution is 0.425. The fourth-order valence-corrected chi connectivity index (χ4v) is 1.79. The average molecular weight is 178 g/mol. The lowest BCUT2D eigenvalue weighted by Gasteiger charge is -2.13. The summed E-state index contributed by atoms with van der Waals surface area (Å²) in [4.78, 5) is 0. The molecule has 0 spiro atoms. The van der Waals surface area contributed by atoms with Gasteiger partial charge in [-0.1, -0.05) is 27.2 Å². The molecule has 0 aliphatic carbocycles. The van der Waals surface area contributed by atoms with E-state index in [2.05, 4.69) is 13.8 Å². The van der Waals surface area contributed by atoms with Gasteiger partial charge in [-0.2, -0.15) is 0 Å². The quantitative estimate of drug-likeness (QED) is 0.656. The molecule has 0 aromatic rings. The minimum atomic E-state index is -1.61. The van der Waals surface area contributed by atoms with E-state index in [0.29, 0.717) is 17.6 Å². The Hall–Kier alpha value is 0.110. The van der Waals surface area contributed by atoms with E-state index in [1.165, 1.54) is 0 Å². The van der Waals surface area contributed by atoms with E-state index in [9.17, 15) is 4.21 Å². The maximum atomic E-state index is 10.4. The Morgan fingerprint density at radius 2 is 1.91 bits per heavy atom. The van der Waals surface area contributed by atoms with Crippen molar-refractivity contribution >= 4 is 11.1 Å². The molecule has 0 aliphatic heterocycles. The van der Waals surface area contributed by atoms with Gasteiger partial charge in [0.05, 0.1) is 5.75 Å². The molecule has 0 bridgehead atoms. The molecule has 68 valence electrons. The third-order valence-corrected chi connectivity index (χ3v) is 2.78. The minimum Gasteiger partial charge on any atom is -0.306 e. The molecule has 3 atom stereocenters. The zero-order valence-electron chi connectivity index (χ0n) is 7.54. The molecule has 1 N–H and O–H groups in total. The molecule has 0 fully saturated rings. The van der Waals surface area contributed by atoms with Crippen molar-refractivity contribution in [1.82, 2.24) is 0 Å². The molecule has 11 heavy (non-hydrogen) atoms. The average Bonchev–Trinajstić information content (AvgIpc) is 1.85. The predicted octanol–water partition coefficient (Wildman–Crippen LogP) is 2.28. The molecule has 3 unspecified atom stereocenters. The standard InChI is InChI=1S/C8H18O2S/c1-4-7(2)5-8(3)6-11(9)10/h7-8H,4-6H2,1-3H3,(H,9,10). The van der Waals surface area contributed by atoms with E-state index in [1.807, 2.05) is 6.92 Å². The van der Waals surface area contributed by atoms with E-state index in [-0.39, 0.29) is 0 Å². The molecule has 0 rings (SSSR count). The third kappa shape index (κ3) is 6.51. The Morgan fingerprint density at radius 1 is 1.36 bits per heavy atom. The monoisotopic (exact) mass is 178 g/mol. The van der Waals surface area contributed by atoms with Crippen LogP contribution in [0.1, 0.15) is 33.6 Å². The van der Waals surface area contributed by atoms with Crippen LogP contribution in [0.4, 0.5) is 0 Å². The smallest absolute Gasteiger partial charge is 0.153 e. The number of hydrogen-bond acceptors (Lipinski definition) is 1. The molecule has 0 aromatic heterocycles. The Labute approximate surface area is 71.7 Å². The normalized spacial score (nSPS) is 19.3. The largest absolute Gasteiger partial charge is 0.306 e. The second kappa shape index (κ2) is 5.72. The van der Waals surface area contributed by atoms with Crippen LogP contribution in [0.5, 0.6) is 0 Å². The van der Waals surface area contributed by atoms with Crippen molar-refractivity contribution < 1.29 is 8.76 Å². The summed E-state index contributed by atoms with van der Waals surface area (Å²) in [6.45, 7) is 6.35. The van der Waals surface area contributed by atoms with Crippen molar-refractivity contribution in [1.29, 1.82) is 0 Å². The van der Waals surface area contributed by atoms with Crippen molar-refractivity contribution in [2.75, 3.05) is 5.75 Å². The topological polar surface area (TPSA) is 37.3 Å². The zero-order chi connectivity index (χ0) is 8.85. The van der Waals surface area contributed by atoms with Crippen molar-refractivity contribution in [3.8, 4) is 0 Å². The van der Waals surface area contributed by atoms with Gasteiger partial charge in [0.15, 0.2) is 11.1 Å². The summed E-state index contributed by atoms with van der Waals surface area (Å²) in [7, 11) is 0. The second-order valence-electron chi connectivity index (χ2n) is 3.34. The molecule has 0 aromatic carbocycles. The summed E-state index contributed by atoms with van der Waals surface area (Å²) < 4.78 is 19.0. The second-order valence-corrected chi connectivity index (χ2v) is 4.32. The molecule has 3 heteroatoms. The Bertz CT molecular complexity index is 125. The number of hydrogen-bond donors (Lipinski definition) is 1. The maximum Gasteiger partial charge on any atom is 0.153 e. The van der Waals surface area contributed by atoms with Crippen LogP contribution in [0.2, 0.25) is 0 Å². The molecule has 0 aliphatic rings. The SMILES string of the molecule is CCC(C)CC(C)CS(=O)O. The van der Waals surface area contributed by atoms with Gasteiger partial charge in [-0.25, -0.2) is 4.21 Å². The Morgan fingerprint density at radius 3 is 2.27 bits per heavy atom. The summed E-state index contributed by atoms with van der Waals surface area (Å²) in [5.41, 5.74) is 0. The van der Waals surface area contributed by atoms with Crippen LogP contribution < -0.4 is 0 Å². The third-order valence-electron chi connectivity index (χ3n) is 1.93.